The molecule has 2 rings (SSSR count). The lowest BCUT2D eigenvalue weighted by molar-refractivity contribution is 0.107. The molecule has 0 radical (unpaired) electrons. The molecule has 0 spiro atoms. The quantitative estimate of drug-likeness (QED) is 0.865. The number of aryl methyl sites for hydroxylation is 1. The van der Waals surface area contributed by atoms with Gasteiger partial charge in [-0.3, -0.25) is 0 Å². The Morgan fingerprint density at radius 2 is 2.05 bits per heavy atom. The first-order valence-corrected chi connectivity index (χ1v) is 8.31. The van der Waals surface area contributed by atoms with Crippen molar-refractivity contribution in [1.29, 1.82) is 0 Å². The second-order valence-corrected chi connectivity index (χ2v) is 7.32. The van der Waals surface area contributed by atoms with E-state index < -0.39 is 21.4 Å². The molecule has 1 heterocycles. The summed E-state index contributed by atoms with van der Waals surface area (Å²) in [6, 6.07) is 7.43. The first-order valence-electron chi connectivity index (χ1n) is 6.81. The van der Waals surface area contributed by atoms with E-state index in [1.54, 1.807) is 0 Å². The van der Waals surface area contributed by atoms with Crippen LogP contribution in [-0.4, -0.2) is 37.0 Å². The second-order valence-electron chi connectivity index (χ2n) is 5.27. The van der Waals surface area contributed by atoms with Gasteiger partial charge in [-0.15, -0.1) is 6.58 Å². The summed E-state index contributed by atoms with van der Waals surface area (Å²) in [6.45, 7) is 6.28. The lowest BCUT2D eigenvalue weighted by atomic mass is 10.1. The van der Waals surface area contributed by atoms with Crippen LogP contribution in [-0.2, 0) is 10.0 Å². The molecule has 110 valence electrons. The Morgan fingerprint density at radius 1 is 1.40 bits per heavy atom. The minimum absolute atomic E-state index is 0.179. The monoisotopic (exact) mass is 295 g/mol. The summed E-state index contributed by atoms with van der Waals surface area (Å²) >= 11 is 0. The van der Waals surface area contributed by atoms with Crippen LogP contribution in [0.25, 0.3) is 0 Å². The number of nitrogens with zero attached hydrogens (tertiary/aromatic N) is 1. The highest BCUT2D eigenvalue weighted by Gasteiger charge is 2.34. The Balaban J connectivity index is 2.29. The minimum Gasteiger partial charge on any atom is -0.392 e. The molecule has 20 heavy (non-hydrogen) atoms. The lowest BCUT2D eigenvalue weighted by Crippen LogP contribution is -2.43. The van der Waals surface area contributed by atoms with E-state index in [1.165, 1.54) is 10.4 Å². The molecule has 1 aliphatic heterocycles. The Labute approximate surface area is 120 Å². The molecule has 0 aliphatic carbocycles. The van der Waals surface area contributed by atoms with Gasteiger partial charge >= 0.3 is 0 Å². The third-order valence-electron chi connectivity index (χ3n) is 3.66. The molecule has 1 aromatic carbocycles. The highest BCUT2D eigenvalue weighted by Crippen LogP contribution is 2.29. The summed E-state index contributed by atoms with van der Waals surface area (Å²) in [6.07, 6.45) is 2.25. The van der Waals surface area contributed by atoms with Crippen LogP contribution in [0.2, 0.25) is 0 Å². The van der Waals surface area contributed by atoms with Gasteiger partial charge in [0.25, 0.3) is 0 Å². The third-order valence-corrected chi connectivity index (χ3v) is 5.82. The van der Waals surface area contributed by atoms with Crippen molar-refractivity contribution in [2.45, 2.75) is 31.1 Å². The molecule has 5 heteroatoms. The summed E-state index contributed by atoms with van der Waals surface area (Å²) in [7, 11) is -3.52. The molecule has 1 aliphatic rings. The molecule has 4 nitrogen and oxygen atoms in total. The fraction of sp³-hybridized carbons (Fsp3) is 0.467. The Kier molecular flexibility index (Phi) is 4.62. The fourth-order valence-corrected chi connectivity index (χ4v) is 4.33. The van der Waals surface area contributed by atoms with Crippen molar-refractivity contribution in [3.8, 4) is 0 Å². The van der Waals surface area contributed by atoms with E-state index in [0.29, 0.717) is 24.9 Å². The number of hydrogen-bond donors (Lipinski definition) is 1. The van der Waals surface area contributed by atoms with Crippen molar-refractivity contribution < 1.29 is 13.5 Å². The maximum Gasteiger partial charge on any atom is 0.224 e. The molecule has 1 N–H and O–H groups in total. The maximum atomic E-state index is 12.7. The summed E-state index contributed by atoms with van der Waals surface area (Å²) in [4.78, 5) is 0. The second kappa shape index (κ2) is 6.08. The van der Waals surface area contributed by atoms with Crippen molar-refractivity contribution in [1.82, 2.24) is 4.31 Å². The number of hydrogen-bond acceptors (Lipinski definition) is 3. The van der Waals surface area contributed by atoms with Crippen molar-refractivity contribution in [2.75, 3.05) is 13.1 Å². The van der Waals surface area contributed by atoms with E-state index in [1.807, 2.05) is 31.2 Å². The standard InChI is InChI=1S/C15H21NO3S/c1-3-15(13-8-6-12(2)7-9-13)20(18,19)16-10-4-5-14(17)11-16/h3,6-9,14-15,17H,1,4-5,10-11H2,2H3. The molecule has 1 fully saturated rings. The average Bonchev–Trinajstić information content (AvgIpc) is 2.41. The Hall–Kier alpha value is -1.17. The molecule has 0 amide bonds. The number of aliphatic hydroxyl groups is 1. The van der Waals surface area contributed by atoms with Gasteiger partial charge in [-0.25, -0.2) is 8.42 Å². The maximum absolute atomic E-state index is 12.7. The molecule has 0 aromatic heterocycles. The van der Waals surface area contributed by atoms with E-state index in [2.05, 4.69) is 6.58 Å². The van der Waals surface area contributed by atoms with Gasteiger partial charge in [-0.1, -0.05) is 35.9 Å². The van der Waals surface area contributed by atoms with Crippen molar-refractivity contribution in [3.05, 3.63) is 48.0 Å². The van der Waals surface area contributed by atoms with Crippen LogP contribution in [0.5, 0.6) is 0 Å². The summed E-state index contributed by atoms with van der Waals surface area (Å²) in [5.41, 5.74) is 1.80. The highest BCUT2D eigenvalue weighted by molar-refractivity contribution is 7.89. The predicted molar refractivity (Wildman–Crippen MR) is 79.9 cm³/mol. The molecular formula is C15H21NO3S. The number of piperidine rings is 1. The van der Waals surface area contributed by atoms with E-state index in [-0.39, 0.29) is 6.54 Å². The van der Waals surface area contributed by atoms with Gasteiger partial charge in [-0.2, -0.15) is 4.31 Å². The number of benzene rings is 1. The van der Waals surface area contributed by atoms with Gasteiger partial charge in [0.1, 0.15) is 5.25 Å². The van der Waals surface area contributed by atoms with Gasteiger partial charge in [0, 0.05) is 13.1 Å². The number of rotatable bonds is 4. The molecule has 1 saturated heterocycles. The molecule has 1 aromatic rings. The molecular weight excluding hydrogens is 274 g/mol. The van der Waals surface area contributed by atoms with Gasteiger partial charge in [0.2, 0.25) is 10.0 Å². The smallest absolute Gasteiger partial charge is 0.224 e. The average molecular weight is 295 g/mol. The zero-order valence-corrected chi connectivity index (χ0v) is 12.5. The van der Waals surface area contributed by atoms with Crippen LogP contribution in [0, 0.1) is 6.92 Å². The summed E-state index contributed by atoms with van der Waals surface area (Å²) < 4.78 is 26.8. The first-order chi connectivity index (χ1) is 9.45. The van der Waals surface area contributed by atoms with Crippen LogP contribution in [0.3, 0.4) is 0 Å². The van der Waals surface area contributed by atoms with Crippen molar-refractivity contribution >= 4 is 10.0 Å². The van der Waals surface area contributed by atoms with Crippen LogP contribution < -0.4 is 0 Å². The Bertz CT molecular complexity index is 565. The van der Waals surface area contributed by atoms with E-state index in [0.717, 1.165) is 5.56 Å². The van der Waals surface area contributed by atoms with Gasteiger partial charge in [0.15, 0.2) is 0 Å². The zero-order chi connectivity index (χ0) is 14.8. The molecule has 2 atom stereocenters. The Morgan fingerprint density at radius 3 is 2.60 bits per heavy atom. The summed E-state index contributed by atoms with van der Waals surface area (Å²) in [5.74, 6) is 0. The normalized spacial score (nSPS) is 22.4. The van der Waals surface area contributed by atoms with Gasteiger partial charge < -0.3 is 5.11 Å². The summed E-state index contributed by atoms with van der Waals surface area (Å²) in [5, 5.41) is 8.92. The fourth-order valence-electron chi connectivity index (χ4n) is 2.50. The molecule has 0 bridgehead atoms. The van der Waals surface area contributed by atoms with E-state index >= 15 is 0 Å². The molecule has 2 unspecified atom stereocenters. The largest absolute Gasteiger partial charge is 0.392 e. The minimum atomic E-state index is -3.52. The van der Waals surface area contributed by atoms with Gasteiger partial charge in [-0.05, 0) is 25.3 Å². The van der Waals surface area contributed by atoms with E-state index in [4.69, 9.17) is 0 Å². The van der Waals surface area contributed by atoms with Gasteiger partial charge in [0.05, 0.1) is 6.10 Å². The number of β-amino-alcohol motifs (C(OH)–C–C–N with tert-alkyl or cyclic N) is 1. The van der Waals surface area contributed by atoms with E-state index in [9.17, 15) is 13.5 Å². The SMILES string of the molecule is C=CC(c1ccc(C)cc1)S(=O)(=O)N1CCCC(O)C1. The zero-order valence-electron chi connectivity index (χ0n) is 11.7. The highest BCUT2D eigenvalue weighted by atomic mass is 32.2. The predicted octanol–water partition coefficient (Wildman–Crippen LogP) is 2.01. The van der Waals surface area contributed by atoms with Crippen LogP contribution in [0.15, 0.2) is 36.9 Å². The molecule has 0 saturated carbocycles. The van der Waals surface area contributed by atoms with Crippen LogP contribution >= 0.6 is 0 Å². The lowest BCUT2D eigenvalue weighted by Gasteiger charge is -2.31. The number of aliphatic hydroxyl groups excluding tert-OH is 1. The van der Waals surface area contributed by atoms with Crippen LogP contribution in [0.4, 0.5) is 0 Å². The van der Waals surface area contributed by atoms with Crippen LogP contribution in [0.1, 0.15) is 29.2 Å². The topological polar surface area (TPSA) is 57.6 Å². The van der Waals surface area contributed by atoms with Crippen molar-refractivity contribution in [3.63, 3.8) is 0 Å². The first kappa shape index (κ1) is 15.2. The number of sulfonamides is 1. The van der Waals surface area contributed by atoms with Crippen molar-refractivity contribution in [2.24, 2.45) is 0 Å². The third kappa shape index (κ3) is 3.11.